The van der Waals surface area contributed by atoms with Crippen LogP contribution < -0.4 is 10.3 Å². The van der Waals surface area contributed by atoms with Crippen LogP contribution in [0.15, 0.2) is 35.3 Å². The summed E-state index contributed by atoms with van der Waals surface area (Å²) in [4.78, 5) is 11.6. The minimum atomic E-state index is -0.363. The molecule has 112 valence electrons. The molecule has 1 N–H and O–H groups in total. The highest BCUT2D eigenvalue weighted by Crippen LogP contribution is 2.33. The van der Waals surface area contributed by atoms with E-state index in [1.807, 2.05) is 0 Å². The van der Waals surface area contributed by atoms with E-state index in [0.717, 1.165) is 0 Å². The average Bonchev–Trinajstić information content (AvgIpc) is 2.93. The van der Waals surface area contributed by atoms with E-state index in [1.165, 1.54) is 17.9 Å². The van der Waals surface area contributed by atoms with Crippen LogP contribution >= 0.6 is 23.2 Å². The first kappa shape index (κ1) is 14.6. The molecular formula is C13H9Cl2N5O2. The van der Waals surface area contributed by atoms with Gasteiger partial charge in [-0.3, -0.25) is 4.79 Å². The zero-order valence-electron chi connectivity index (χ0n) is 11.2. The van der Waals surface area contributed by atoms with Gasteiger partial charge < -0.3 is 4.74 Å². The van der Waals surface area contributed by atoms with Gasteiger partial charge in [-0.05, 0) is 18.2 Å². The molecule has 22 heavy (non-hydrogen) atoms. The fourth-order valence-electron chi connectivity index (χ4n) is 2.02. The van der Waals surface area contributed by atoms with Crippen molar-refractivity contribution >= 4 is 23.2 Å². The van der Waals surface area contributed by atoms with Crippen LogP contribution in [0, 0.1) is 0 Å². The van der Waals surface area contributed by atoms with E-state index >= 15 is 0 Å². The Morgan fingerprint density at radius 1 is 1.23 bits per heavy atom. The van der Waals surface area contributed by atoms with Crippen molar-refractivity contribution in [1.82, 2.24) is 25.2 Å². The molecule has 0 spiro atoms. The predicted molar refractivity (Wildman–Crippen MR) is 81.8 cm³/mol. The number of nitrogens with zero attached hydrogens (tertiary/aromatic N) is 4. The third-order valence-corrected chi connectivity index (χ3v) is 3.34. The second-order valence-electron chi connectivity index (χ2n) is 4.30. The van der Waals surface area contributed by atoms with Crippen molar-refractivity contribution in [3.05, 3.63) is 51.0 Å². The highest BCUT2D eigenvalue weighted by molar-refractivity contribution is 6.31. The van der Waals surface area contributed by atoms with Crippen LogP contribution in [0.5, 0.6) is 5.88 Å². The lowest BCUT2D eigenvalue weighted by atomic mass is 10.1. The van der Waals surface area contributed by atoms with Crippen molar-refractivity contribution in [3.63, 3.8) is 0 Å². The van der Waals surface area contributed by atoms with Crippen molar-refractivity contribution in [3.8, 4) is 22.7 Å². The van der Waals surface area contributed by atoms with Crippen LogP contribution in [-0.2, 0) is 0 Å². The molecular weight excluding hydrogens is 329 g/mol. The van der Waals surface area contributed by atoms with E-state index in [9.17, 15) is 4.79 Å². The van der Waals surface area contributed by atoms with E-state index in [4.69, 9.17) is 27.9 Å². The largest absolute Gasteiger partial charge is 0.480 e. The van der Waals surface area contributed by atoms with Crippen LogP contribution in [0.3, 0.4) is 0 Å². The van der Waals surface area contributed by atoms with E-state index in [1.54, 1.807) is 24.4 Å². The van der Waals surface area contributed by atoms with Crippen molar-refractivity contribution in [2.24, 2.45) is 0 Å². The molecule has 2 aromatic heterocycles. The molecule has 0 fully saturated rings. The topological polar surface area (TPSA) is 85.7 Å². The first-order valence-electron chi connectivity index (χ1n) is 6.10. The van der Waals surface area contributed by atoms with E-state index in [2.05, 4.69) is 20.5 Å². The number of hydrogen-bond donors (Lipinski definition) is 1. The average molecular weight is 338 g/mol. The molecule has 1 aromatic carbocycles. The fourth-order valence-corrected chi connectivity index (χ4v) is 2.32. The van der Waals surface area contributed by atoms with Gasteiger partial charge in [0.15, 0.2) is 5.15 Å². The first-order valence-corrected chi connectivity index (χ1v) is 6.86. The third kappa shape index (κ3) is 2.68. The quantitative estimate of drug-likeness (QED) is 0.792. The van der Waals surface area contributed by atoms with Gasteiger partial charge >= 0.3 is 0 Å². The molecule has 3 rings (SSSR count). The van der Waals surface area contributed by atoms with Crippen molar-refractivity contribution in [2.45, 2.75) is 0 Å². The maximum Gasteiger partial charge on any atom is 0.265 e. The van der Waals surface area contributed by atoms with Crippen LogP contribution in [-0.4, -0.2) is 32.3 Å². The van der Waals surface area contributed by atoms with Gasteiger partial charge in [0, 0.05) is 16.7 Å². The number of methoxy groups -OCH3 is 1. The molecule has 0 aliphatic rings. The summed E-state index contributed by atoms with van der Waals surface area (Å²) in [5, 5.41) is 14.6. The fraction of sp³-hybridized carbons (Fsp3) is 0.0769. The summed E-state index contributed by atoms with van der Waals surface area (Å²) in [5.74, 6) is 0.259. The molecule has 0 aliphatic carbocycles. The summed E-state index contributed by atoms with van der Waals surface area (Å²) >= 11 is 11.9. The monoisotopic (exact) mass is 337 g/mol. The van der Waals surface area contributed by atoms with Gasteiger partial charge in [-0.1, -0.05) is 28.4 Å². The minimum Gasteiger partial charge on any atom is -0.480 e. The Bertz CT molecular complexity index is 890. The van der Waals surface area contributed by atoms with Crippen molar-refractivity contribution in [2.75, 3.05) is 7.11 Å². The Kier molecular flexibility index (Phi) is 3.82. The van der Waals surface area contributed by atoms with Gasteiger partial charge in [0.05, 0.1) is 24.6 Å². The lowest BCUT2D eigenvalue weighted by molar-refractivity contribution is 0.393. The molecule has 0 unspecified atom stereocenters. The summed E-state index contributed by atoms with van der Waals surface area (Å²) in [6, 6.07) is 6.50. The Labute approximate surface area is 134 Å². The zero-order chi connectivity index (χ0) is 15.7. The summed E-state index contributed by atoms with van der Waals surface area (Å²) in [6.07, 6.45) is 1.54. The SMILES string of the molecule is COc1n[nH]c(=O)cc1-c1cc(Cl)ccc1-n1cc(Cl)nn1. The molecule has 0 amide bonds. The summed E-state index contributed by atoms with van der Waals surface area (Å²) in [7, 11) is 1.46. The molecule has 3 aromatic rings. The molecule has 9 heteroatoms. The van der Waals surface area contributed by atoms with Crippen molar-refractivity contribution < 1.29 is 4.74 Å². The molecule has 0 saturated carbocycles. The second-order valence-corrected chi connectivity index (χ2v) is 5.13. The Morgan fingerprint density at radius 2 is 2.05 bits per heavy atom. The number of aromatic amines is 1. The number of aromatic nitrogens is 5. The number of H-pyrrole nitrogens is 1. The number of halogens is 2. The molecule has 0 saturated heterocycles. The lowest BCUT2D eigenvalue weighted by Gasteiger charge is -2.11. The van der Waals surface area contributed by atoms with Crippen LogP contribution in [0.4, 0.5) is 0 Å². The van der Waals surface area contributed by atoms with Gasteiger partial charge in [-0.2, -0.15) is 0 Å². The summed E-state index contributed by atoms with van der Waals surface area (Å²) in [6.45, 7) is 0. The highest BCUT2D eigenvalue weighted by atomic mass is 35.5. The van der Waals surface area contributed by atoms with Crippen molar-refractivity contribution in [1.29, 1.82) is 0 Å². The number of rotatable bonds is 3. The van der Waals surface area contributed by atoms with Gasteiger partial charge in [-0.25, -0.2) is 9.78 Å². The molecule has 2 heterocycles. The highest BCUT2D eigenvalue weighted by Gasteiger charge is 2.15. The third-order valence-electron chi connectivity index (χ3n) is 2.93. The Balaban J connectivity index is 2.29. The van der Waals surface area contributed by atoms with Crippen LogP contribution in [0.1, 0.15) is 0 Å². The number of hydrogen-bond acceptors (Lipinski definition) is 5. The first-order chi connectivity index (χ1) is 10.6. The summed E-state index contributed by atoms with van der Waals surface area (Å²) < 4.78 is 6.68. The van der Waals surface area contributed by atoms with E-state index in [-0.39, 0.29) is 16.6 Å². The smallest absolute Gasteiger partial charge is 0.265 e. The van der Waals surface area contributed by atoms with Gasteiger partial charge in [0.2, 0.25) is 5.88 Å². The summed E-state index contributed by atoms with van der Waals surface area (Å²) in [5.41, 5.74) is 1.37. The maximum atomic E-state index is 11.6. The molecule has 0 atom stereocenters. The van der Waals surface area contributed by atoms with Gasteiger partial charge in [0.1, 0.15) is 0 Å². The lowest BCUT2D eigenvalue weighted by Crippen LogP contribution is -2.09. The second kappa shape index (κ2) is 5.78. The standard InChI is InChI=1S/C13H9Cl2N5O2/c1-22-13-9(5-12(21)17-18-13)8-4-7(14)2-3-10(8)20-6-11(15)16-19-20/h2-6H,1H3,(H,17,21). The molecule has 0 aliphatic heterocycles. The number of benzene rings is 1. The zero-order valence-corrected chi connectivity index (χ0v) is 12.8. The van der Waals surface area contributed by atoms with Crippen LogP contribution in [0.2, 0.25) is 10.2 Å². The molecule has 0 radical (unpaired) electrons. The predicted octanol–water partition coefficient (Wildman–Crippen LogP) is 2.33. The molecule has 7 nitrogen and oxygen atoms in total. The number of nitrogens with one attached hydrogen (secondary N) is 1. The Morgan fingerprint density at radius 3 is 2.73 bits per heavy atom. The Hall–Kier alpha value is -2.38. The normalized spacial score (nSPS) is 10.7. The van der Waals surface area contributed by atoms with Gasteiger partial charge in [-0.15, -0.1) is 10.2 Å². The minimum absolute atomic E-state index is 0.247. The van der Waals surface area contributed by atoms with E-state index in [0.29, 0.717) is 21.8 Å². The van der Waals surface area contributed by atoms with E-state index < -0.39 is 0 Å². The van der Waals surface area contributed by atoms with Crippen LogP contribution in [0.25, 0.3) is 16.8 Å². The van der Waals surface area contributed by atoms with Gasteiger partial charge in [0.25, 0.3) is 5.56 Å². The molecule has 0 bridgehead atoms. The maximum absolute atomic E-state index is 11.6. The number of ether oxygens (including phenoxy) is 1.